The fraction of sp³-hybridized carbons (Fsp3) is 0.500. The molecule has 0 bridgehead atoms. The van der Waals surface area contributed by atoms with E-state index >= 15 is 0 Å². The van der Waals surface area contributed by atoms with Gasteiger partial charge in [0.05, 0.1) is 4.90 Å². The fourth-order valence-electron chi connectivity index (χ4n) is 1.97. The number of nitrogens with two attached hydrogens (primary N) is 1. The van der Waals surface area contributed by atoms with E-state index in [0.717, 1.165) is 12.8 Å². The van der Waals surface area contributed by atoms with Crippen LogP contribution in [-0.4, -0.2) is 31.0 Å². The summed E-state index contributed by atoms with van der Waals surface area (Å²) >= 11 is 6.55. The summed E-state index contributed by atoms with van der Waals surface area (Å²) in [5, 5.41) is 0. The molecule has 0 atom stereocenters. The van der Waals surface area contributed by atoms with Crippen molar-refractivity contribution in [3.63, 3.8) is 0 Å². The van der Waals surface area contributed by atoms with Gasteiger partial charge in [0.2, 0.25) is 10.0 Å². The SMILES string of the molecule is CCC(CC)(CNS(=O)(=O)c1ccc(C(N)=S)cc1)SC. The highest BCUT2D eigenvalue weighted by molar-refractivity contribution is 8.00. The van der Waals surface area contributed by atoms with Gasteiger partial charge in [-0.05, 0) is 31.2 Å². The fourth-order valence-corrected chi connectivity index (χ4v) is 4.12. The van der Waals surface area contributed by atoms with Gasteiger partial charge in [-0.1, -0.05) is 38.2 Å². The van der Waals surface area contributed by atoms with Crippen molar-refractivity contribution < 1.29 is 8.42 Å². The molecule has 0 aliphatic carbocycles. The predicted molar refractivity (Wildman–Crippen MR) is 94.3 cm³/mol. The van der Waals surface area contributed by atoms with Gasteiger partial charge in [-0.15, -0.1) is 0 Å². The Balaban J connectivity index is 2.89. The van der Waals surface area contributed by atoms with Crippen molar-refractivity contribution in [2.45, 2.75) is 36.3 Å². The van der Waals surface area contributed by atoms with E-state index in [9.17, 15) is 8.42 Å². The second-order valence-electron chi connectivity index (χ2n) is 4.81. The van der Waals surface area contributed by atoms with Gasteiger partial charge in [0.15, 0.2) is 0 Å². The highest BCUT2D eigenvalue weighted by atomic mass is 32.2. The Morgan fingerprint density at radius 3 is 2.19 bits per heavy atom. The quantitative estimate of drug-likeness (QED) is 0.708. The van der Waals surface area contributed by atoms with Crippen molar-refractivity contribution in [2.24, 2.45) is 5.73 Å². The Morgan fingerprint density at radius 2 is 1.81 bits per heavy atom. The van der Waals surface area contributed by atoms with E-state index in [2.05, 4.69) is 18.6 Å². The average Bonchev–Trinajstić information content (AvgIpc) is 2.49. The summed E-state index contributed by atoms with van der Waals surface area (Å²) in [5.74, 6) is 0. The molecule has 0 spiro atoms. The van der Waals surface area contributed by atoms with Gasteiger partial charge in [0, 0.05) is 16.9 Å². The van der Waals surface area contributed by atoms with Gasteiger partial charge in [-0.25, -0.2) is 13.1 Å². The minimum Gasteiger partial charge on any atom is -0.389 e. The van der Waals surface area contributed by atoms with Gasteiger partial charge in [0.25, 0.3) is 0 Å². The van der Waals surface area contributed by atoms with Crippen LogP contribution in [0, 0.1) is 0 Å². The summed E-state index contributed by atoms with van der Waals surface area (Å²) in [4.78, 5) is 0.481. The summed E-state index contributed by atoms with van der Waals surface area (Å²) in [6.07, 6.45) is 3.83. The van der Waals surface area contributed by atoms with Crippen LogP contribution in [0.5, 0.6) is 0 Å². The van der Waals surface area contributed by atoms with Crippen LogP contribution >= 0.6 is 24.0 Å². The van der Waals surface area contributed by atoms with E-state index in [0.29, 0.717) is 12.1 Å². The molecule has 0 heterocycles. The second-order valence-corrected chi connectivity index (χ2v) is 8.29. The third kappa shape index (κ3) is 4.67. The number of sulfonamides is 1. The van der Waals surface area contributed by atoms with Crippen molar-refractivity contribution in [2.75, 3.05) is 12.8 Å². The number of benzene rings is 1. The molecule has 0 aromatic heterocycles. The minimum atomic E-state index is -3.51. The molecule has 0 radical (unpaired) electrons. The molecule has 21 heavy (non-hydrogen) atoms. The average molecular weight is 347 g/mol. The molecule has 0 aliphatic heterocycles. The van der Waals surface area contributed by atoms with E-state index in [1.165, 1.54) is 12.1 Å². The van der Waals surface area contributed by atoms with Crippen LogP contribution in [0.15, 0.2) is 29.2 Å². The van der Waals surface area contributed by atoms with Crippen molar-refractivity contribution in [1.29, 1.82) is 0 Å². The van der Waals surface area contributed by atoms with Crippen LogP contribution in [0.2, 0.25) is 0 Å². The van der Waals surface area contributed by atoms with E-state index < -0.39 is 10.0 Å². The zero-order chi connectivity index (χ0) is 16.1. The van der Waals surface area contributed by atoms with Crippen LogP contribution in [-0.2, 0) is 10.0 Å². The van der Waals surface area contributed by atoms with Crippen LogP contribution < -0.4 is 10.5 Å². The molecule has 118 valence electrons. The van der Waals surface area contributed by atoms with Gasteiger partial charge < -0.3 is 5.73 Å². The molecule has 1 aromatic rings. The van der Waals surface area contributed by atoms with Crippen LogP contribution in [0.4, 0.5) is 0 Å². The van der Waals surface area contributed by atoms with Crippen LogP contribution in [0.25, 0.3) is 0 Å². The number of rotatable bonds is 8. The molecule has 0 amide bonds. The molecular formula is C14H22N2O2S3. The molecule has 4 nitrogen and oxygen atoms in total. The molecule has 0 saturated heterocycles. The van der Waals surface area contributed by atoms with Crippen LogP contribution in [0.3, 0.4) is 0 Å². The lowest BCUT2D eigenvalue weighted by Gasteiger charge is -2.29. The maximum Gasteiger partial charge on any atom is 0.240 e. The standard InChI is InChI=1S/C14H22N2O2S3/c1-4-14(5-2,20-3)10-16-21(17,18)12-8-6-11(7-9-12)13(15)19/h6-9,16H,4-5,10H2,1-3H3,(H2,15,19). The Kier molecular flexibility index (Phi) is 6.65. The zero-order valence-electron chi connectivity index (χ0n) is 12.5. The monoisotopic (exact) mass is 346 g/mol. The summed E-state index contributed by atoms with van der Waals surface area (Å²) in [6.45, 7) is 4.57. The third-order valence-corrected chi connectivity index (χ3v) is 7.00. The lowest BCUT2D eigenvalue weighted by molar-refractivity contribution is 0.522. The van der Waals surface area contributed by atoms with Gasteiger partial charge in [0.1, 0.15) is 4.99 Å². The van der Waals surface area contributed by atoms with E-state index in [4.69, 9.17) is 18.0 Å². The number of thioether (sulfide) groups is 1. The summed E-state index contributed by atoms with van der Waals surface area (Å²) in [6, 6.07) is 6.29. The number of hydrogen-bond donors (Lipinski definition) is 2. The smallest absolute Gasteiger partial charge is 0.240 e. The third-order valence-electron chi connectivity index (χ3n) is 3.76. The van der Waals surface area contributed by atoms with Crippen molar-refractivity contribution >= 4 is 39.0 Å². The topological polar surface area (TPSA) is 72.2 Å². The molecule has 0 unspecified atom stereocenters. The van der Waals surface area contributed by atoms with Gasteiger partial charge in [-0.3, -0.25) is 0 Å². The first-order valence-electron chi connectivity index (χ1n) is 6.75. The largest absolute Gasteiger partial charge is 0.389 e. The maximum atomic E-state index is 12.3. The normalized spacial score (nSPS) is 12.3. The lowest BCUT2D eigenvalue weighted by Crippen LogP contribution is -2.39. The van der Waals surface area contributed by atoms with Crippen molar-refractivity contribution in [3.8, 4) is 0 Å². The molecular weight excluding hydrogens is 324 g/mol. The maximum absolute atomic E-state index is 12.3. The van der Waals surface area contributed by atoms with E-state index in [1.807, 2.05) is 6.26 Å². The molecule has 3 N–H and O–H groups in total. The molecule has 7 heteroatoms. The second kappa shape index (κ2) is 7.58. The van der Waals surface area contributed by atoms with Gasteiger partial charge >= 0.3 is 0 Å². The molecule has 0 fully saturated rings. The molecule has 0 saturated carbocycles. The Hall–Kier alpha value is -0.630. The lowest BCUT2D eigenvalue weighted by atomic mass is 10.0. The zero-order valence-corrected chi connectivity index (χ0v) is 15.0. The summed E-state index contributed by atoms with van der Waals surface area (Å²) in [7, 11) is -3.51. The summed E-state index contributed by atoms with van der Waals surface area (Å²) < 4.78 is 27.3. The first kappa shape index (κ1) is 18.4. The highest BCUT2D eigenvalue weighted by Gasteiger charge is 2.27. The van der Waals surface area contributed by atoms with Crippen molar-refractivity contribution in [3.05, 3.63) is 29.8 Å². The van der Waals surface area contributed by atoms with Crippen LogP contribution in [0.1, 0.15) is 32.3 Å². The Bertz CT molecular complexity index is 570. The minimum absolute atomic E-state index is 0.0637. The Labute approximate surface area is 136 Å². The first-order chi connectivity index (χ1) is 9.80. The van der Waals surface area contributed by atoms with Gasteiger partial charge in [-0.2, -0.15) is 11.8 Å². The van der Waals surface area contributed by atoms with E-state index in [1.54, 1.807) is 23.9 Å². The Morgan fingerprint density at radius 1 is 1.29 bits per heavy atom. The first-order valence-corrected chi connectivity index (χ1v) is 9.86. The van der Waals surface area contributed by atoms with Crippen molar-refractivity contribution in [1.82, 2.24) is 4.72 Å². The van der Waals surface area contributed by atoms with E-state index in [-0.39, 0.29) is 14.6 Å². The highest BCUT2D eigenvalue weighted by Crippen LogP contribution is 2.30. The summed E-state index contributed by atoms with van der Waals surface area (Å²) in [5.41, 5.74) is 6.16. The number of hydrogen-bond acceptors (Lipinski definition) is 4. The number of nitrogens with one attached hydrogen (secondary N) is 1. The number of thiocarbonyl (C=S) groups is 1. The molecule has 0 aliphatic rings. The molecule has 1 aromatic carbocycles. The predicted octanol–water partition coefficient (Wildman–Crippen LogP) is 2.52. The molecule has 1 rings (SSSR count).